The molecule has 128 valence electrons. The van der Waals surface area contributed by atoms with Gasteiger partial charge in [0.1, 0.15) is 5.71 Å². The number of hydrogen-bond donors (Lipinski definition) is 0. The second kappa shape index (κ2) is 6.94. The highest BCUT2D eigenvalue weighted by atomic mass is 16.2. The molecule has 0 atom stereocenters. The molecule has 3 heterocycles. The molecule has 0 saturated carbocycles. The van der Waals surface area contributed by atoms with E-state index < -0.39 is 0 Å². The van der Waals surface area contributed by atoms with E-state index in [9.17, 15) is 9.59 Å². The second-order valence-corrected chi connectivity index (χ2v) is 6.13. The standard InChI is InChI=1S/C16H22N6O2/c1-12-4-6-14(18-17-12)21-8-3-9-22(11-10-21)16(24)13-5-7-15(23)20(2)19-13/h4,6H,3,5,7-11H2,1-2H3. The van der Waals surface area contributed by atoms with Crippen LogP contribution in [0.4, 0.5) is 5.82 Å². The van der Waals surface area contributed by atoms with E-state index >= 15 is 0 Å². The predicted molar refractivity (Wildman–Crippen MR) is 89.6 cm³/mol. The second-order valence-electron chi connectivity index (χ2n) is 6.13. The lowest BCUT2D eigenvalue weighted by molar-refractivity contribution is -0.130. The lowest BCUT2D eigenvalue weighted by atomic mass is 10.1. The van der Waals surface area contributed by atoms with Crippen LogP contribution in [0.5, 0.6) is 0 Å². The lowest BCUT2D eigenvalue weighted by Gasteiger charge is -2.25. The smallest absolute Gasteiger partial charge is 0.270 e. The van der Waals surface area contributed by atoms with Crippen molar-refractivity contribution in [3.8, 4) is 0 Å². The Labute approximate surface area is 141 Å². The third kappa shape index (κ3) is 3.52. The minimum atomic E-state index is -0.0637. The van der Waals surface area contributed by atoms with E-state index in [4.69, 9.17) is 0 Å². The first-order valence-electron chi connectivity index (χ1n) is 8.23. The van der Waals surface area contributed by atoms with Crippen LogP contribution < -0.4 is 4.90 Å². The van der Waals surface area contributed by atoms with Gasteiger partial charge >= 0.3 is 0 Å². The van der Waals surface area contributed by atoms with Crippen molar-refractivity contribution in [3.63, 3.8) is 0 Å². The number of carbonyl (C=O) groups excluding carboxylic acids is 2. The molecule has 1 fully saturated rings. The van der Waals surface area contributed by atoms with Crippen molar-refractivity contribution in [2.45, 2.75) is 26.2 Å². The van der Waals surface area contributed by atoms with E-state index in [1.165, 1.54) is 5.01 Å². The van der Waals surface area contributed by atoms with Crippen LogP contribution in [0.3, 0.4) is 0 Å². The van der Waals surface area contributed by atoms with Crippen LogP contribution in [0.1, 0.15) is 25.0 Å². The van der Waals surface area contributed by atoms with Crippen molar-refractivity contribution in [1.29, 1.82) is 0 Å². The van der Waals surface area contributed by atoms with Gasteiger partial charge in [0.05, 0.1) is 5.69 Å². The summed E-state index contributed by atoms with van der Waals surface area (Å²) in [6.45, 7) is 4.76. The van der Waals surface area contributed by atoms with Gasteiger partial charge in [-0.15, -0.1) is 5.10 Å². The normalized spacial score (nSPS) is 19.2. The van der Waals surface area contributed by atoms with Crippen LogP contribution in [0.2, 0.25) is 0 Å². The van der Waals surface area contributed by atoms with Gasteiger partial charge in [0.2, 0.25) is 5.91 Å². The van der Waals surface area contributed by atoms with Gasteiger partial charge in [0, 0.05) is 46.1 Å². The molecule has 24 heavy (non-hydrogen) atoms. The molecule has 0 spiro atoms. The first-order chi connectivity index (χ1) is 11.5. The Hall–Kier alpha value is -2.51. The highest BCUT2D eigenvalue weighted by Gasteiger charge is 2.27. The molecule has 3 rings (SSSR count). The first kappa shape index (κ1) is 16.4. The highest BCUT2D eigenvalue weighted by molar-refractivity contribution is 6.39. The Kier molecular flexibility index (Phi) is 4.73. The summed E-state index contributed by atoms with van der Waals surface area (Å²) in [5, 5.41) is 13.7. The molecular formula is C16H22N6O2. The summed E-state index contributed by atoms with van der Waals surface area (Å²) < 4.78 is 0. The number of aryl methyl sites for hydroxylation is 1. The van der Waals surface area contributed by atoms with Crippen LogP contribution in [0, 0.1) is 6.92 Å². The summed E-state index contributed by atoms with van der Waals surface area (Å²) in [6, 6.07) is 3.91. The molecule has 2 aliphatic rings. The van der Waals surface area contributed by atoms with E-state index in [-0.39, 0.29) is 11.8 Å². The van der Waals surface area contributed by atoms with E-state index in [2.05, 4.69) is 20.2 Å². The van der Waals surface area contributed by atoms with Crippen LogP contribution in [0.15, 0.2) is 17.2 Å². The Bertz CT molecular complexity index is 657. The van der Waals surface area contributed by atoms with Crippen LogP contribution in [-0.4, -0.2) is 70.9 Å². The molecule has 1 aromatic heterocycles. The number of aromatic nitrogens is 2. The molecule has 8 nitrogen and oxygen atoms in total. The first-order valence-corrected chi connectivity index (χ1v) is 8.23. The average molecular weight is 330 g/mol. The maximum absolute atomic E-state index is 12.7. The summed E-state index contributed by atoms with van der Waals surface area (Å²) >= 11 is 0. The number of amides is 2. The third-order valence-electron chi connectivity index (χ3n) is 4.35. The topological polar surface area (TPSA) is 82.0 Å². The van der Waals surface area contributed by atoms with Gasteiger partial charge in [-0.05, 0) is 25.5 Å². The maximum atomic E-state index is 12.7. The number of hydrogen-bond acceptors (Lipinski definition) is 6. The van der Waals surface area contributed by atoms with Crippen molar-refractivity contribution in [3.05, 3.63) is 17.8 Å². The van der Waals surface area contributed by atoms with E-state index in [1.54, 1.807) is 7.05 Å². The molecule has 0 aliphatic carbocycles. The average Bonchev–Trinajstić information content (AvgIpc) is 2.83. The molecule has 0 N–H and O–H groups in total. The predicted octanol–water partition coefficient (Wildman–Crippen LogP) is 0.432. The zero-order valence-electron chi connectivity index (χ0n) is 14.1. The summed E-state index contributed by atoms with van der Waals surface area (Å²) in [4.78, 5) is 28.1. The fourth-order valence-corrected chi connectivity index (χ4v) is 2.92. The summed E-state index contributed by atoms with van der Waals surface area (Å²) in [5.74, 6) is 0.730. The minimum absolute atomic E-state index is 0.0495. The van der Waals surface area contributed by atoms with Gasteiger partial charge < -0.3 is 9.80 Å². The number of nitrogens with zero attached hydrogens (tertiary/aromatic N) is 6. The molecule has 2 amide bonds. The molecule has 8 heteroatoms. The monoisotopic (exact) mass is 330 g/mol. The van der Waals surface area contributed by atoms with E-state index in [0.29, 0.717) is 38.2 Å². The van der Waals surface area contributed by atoms with Crippen LogP contribution >= 0.6 is 0 Å². The van der Waals surface area contributed by atoms with Gasteiger partial charge in [-0.3, -0.25) is 9.59 Å². The molecular weight excluding hydrogens is 308 g/mol. The van der Waals surface area contributed by atoms with Crippen molar-refractivity contribution in [2.24, 2.45) is 5.10 Å². The minimum Gasteiger partial charge on any atom is -0.353 e. The molecule has 0 bridgehead atoms. The lowest BCUT2D eigenvalue weighted by Crippen LogP contribution is -2.42. The van der Waals surface area contributed by atoms with E-state index in [1.807, 2.05) is 24.0 Å². The van der Waals surface area contributed by atoms with Crippen molar-refractivity contribution >= 4 is 23.3 Å². The number of carbonyl (C=O) groups is 2. The Morgan fingerprint density at radius 2 is 1.92 bits per heavy atom. The molecule has 0 aromatic carbocycles. The van der Waals surface area contributed by atoms with Gasteiger partial charge in [-0.2, -0.15) is 10.2 Å². The summed E-state index contributed by atoms with van der Waals surface area (Å²) in [6.07, 6.45) is 1.63. The molecule has 0 unspecified atom stereocenters. The Morgan fingerprint density at radius 1 is 1.08 bits per heavy atom. The highest BCUT2D eigenvalue weighted by Crippen LogP contribution is 2.15. The van der Waals surface area contributed by atoms with Crippen molar-refractivity contribution in [2.75, 3.05) is 38.1 Å². The fraction of sp³-hybridized carbons (Fsp3) is 0.562. The molecule has 1 saturated heterocycles. The van der Waals surface area contributed by atoms with Gasteiger partial charge in [0.15, 0.2) is 5.82 Å². The third-order valence-corrected chi connectivity index (χ3v) is 4.35. The largest absolute Gasteiger partial charge is 0.353 e. The van der Waals surface area contributed by atoms with Crippen LogP contribution in [0.25, 0.3) is 0 Å². The zero-order chi connectivity index (χ0) is 17.1. The maximum Gasteiger partial charge on any atom is 0.270 e. The quantitative estimate of drug-likeness (QED) is 0.785. The van der Waals surface area contributed by atoms with Gasteiger partial charge in [0.25, 0.3) is 5.91 Å². The zero-order valence-corrected chi connectivity index (χ0v) is 14.1. The molecule has 2 aliphatic heterocycles. The number of anilines is 1. The van der Waals surface area contributed by atoms with Gasteiger partial charge in [-0.1, -0.05) is 0 Å². The Balaban J connectivity index is 1.65. The van der Waals surface area contributed by atoms with Gasteiger partial charge in [-0.25, -0.2) is 5.01 Å². The summed E-state index contributed by atoms with van der Waals surface area (Å²) in [5.41, 5.74) is 1.36. The van der Waals surface area contributed by atoms with Crippen LogP contribution in [-0.2, 0) is 9.59 Å². The van der Waals surface area contributed by atoms with Crippen molar-refractivity contribution in [1.82, 2.24) is 20.1 Å². The molecule has 1 aromatic rings. The van der Waals surface area contributed by atoms with Crippen molar-refractivity contribution < 1.29 is 9.59 Å². The Morgan fingerprint density at radius 3 is 2.62 bits per heavy atom. The summed E-state index contributed by atoms with van der Waals surface area (Å²) in [7, 11) is 1.59. The fourth-order valence-electron chi connectivity index (χ4n) is 2.92. The van der Waals surface area contributed by atoms with E-state index in [0.717, 1.165) is 24.5 Å². The SMILES string of the molecule is Cc1ccc(N2CCCN(C(=O)C3=NN(C)C(=O)CC3)CC2)nn1. The number of rotatable bonds is 2. The number of hydrazone groups is 1. The molecule has 0 radical (unpaired) electrons.